The molecule has 1 rings (SSSR count). The minimum absolute atomic E-state index is 0.0860. The molecule has 0 aromatic carbocycles. The summed E-state index contributed by atoms with van der Waals surface area (Å²) in [5, 5.41) is 3.13. The topological polar surface area (TPSA) is 81.7 Å². The maximum absolute atomic E-state index is 13.3. The Hall–Kier alpha value is -1.59. The zero-order valence-electron chi connectivity index (χ0n) is 22.6. The highest BCUT2D eigenvalue weighted by molar-refractivity contribution is 5.84. The average molecular weight is 482 g/mol. The van der Waals surface area contributed by atoms with Gasteiger partial charge in [0.25, 0.3) is 0 Å². The fourth-order valence-electron chi connectivity index (χ4n) is 4.79. The summed E-state index contributed by atoms with van der Waals surface area (Å²) in [6.07, 6.45) is 15.7. The van der Waals surface area contributed by atoms with Crippen LogP contribution in [0.2, 0.25) is 0 Å². The lowest BCUT2D eigenvalue weighted by molar-refractivity contribution is -0.157. The van der Waals surface area contributed by atoms with E-state index >= 15 is 0 Å². The van der Waals surface area contributed by atoms with Crippen molar-refractivity contribution in [3.63, 3.8) is 0 Å². The highest BCUT2D eigenvalue weighted by atomic mass is 16.6. The van der Waals surface area contributed by atoms with E-state index in [0.717, 1.165) is 38.5 Å². The fourth-order valence-corrected chi connectivity index (χ4v) is 4.79. The van der Waals surface area contributed by atoms with Gasteiger partial charge in [-0.05, 0) is 39.5 Å². The molecule has 0 unspecified atom stereocenters. The summed E-state index contributed by atoms with van der Waals surface area (Å²) in [6.45, 7) is 9.32. The number of esters is 2. The van der Waals surface area contributed by atoms with Crippen LogP contribution in [0.15, 0.2) is 0 Å². The first-order valence-electron chi connectivity index (χ1n) is 13.8. The minimum Gasteiger partial charge on any atom is -0.464 e. The van der Waals surface area contributed by atoms with Crippen LogP contribution < -0.4 is 5.32 Å². The molecule has 6 nitrogen and oxygen atoms in total. The fraction of sp³-hybridized carbons (Fsp3) is 0.893. The molecule has 34 heavy (non-hydrogen) atoms. The van der Waals surface area contributed by atoms with Gasteiger partial charge in [0, 0.05) is 12.8 Å². The largest absolute Gasteiger partial charge is 0.464 e. The first-order valence-corrected chi connectivity index (χ1v) is 13.8. The lowest BCUT2D eigenvalue weighted by Crippen LogP contribution is -2.44. The van der Waals surface area contributed by atoms with Crippen LogP contribution in [-0.2, 0) is 23.9 Å². The van der Waals surface area contributed by atoms with E-state index < -0.39 is 11.5 Å². The molecule has 1 saturated carbocycles. The molecule has 0 radical (unpaired) electrons. The Morgan fingerprint density at radius 2 is 1.56 bits per heavy atom. The molecule has 0 aliphatic heterocycles. The smallest absolute Gasteiger partial charge is 0.307 e. The van der Waals surface area contributed by atoms with E-state index in [2.05, 4.69) is 12.2 Å². The Labute approximate surface area is 208 Å². The number of hydrogen-bond donors (Lipinski definition) is 1. The average Bonchev–Trinajstić information content (AvgIpc) is 2.75. The molecule has 0 saturated heterocycles. The van der Waals surface area contributed by atoms with E-state index in [-0.39, 0.29) is 36.9 Å². The summed E-state index contributed by atoms with van der Waals surface area (Å²) in [4.78, 5) is 37.2. The highest BCUT2D eigenvalue weighted by Gasteiger charge is 2.28. The highest BCUT2D eigenvalue weighted by Crippen LogP contribution is 2.28. The van der Waals surface area contributed by atoms with Crippen LogP contribution in [0.1, 0.15) is 131 Å². The normalized spacial score (nSPS) is 16.5. The molecular weight excluding hydrogens is 430 g/mol. The van der Waals surface area contributed by atoms with E-state index in [0.29, 0.717) is 12.3 Å². The Kier molecular flexibility index (Phi) is 15.2. The molecule has 1 fully saturated rings. The number of nitrogens with one attached hydrogen (secondary N) is 1. The summed E-state index contributed by atoms with van der Waals surface area (Å²) in [6, 6.07) is -0.213. The molecule has 6 heteroatoms. The van der Waals surface area contributed by atoms with Crippen molar-refractivity contribution in [2.24, 2.45) is 11.8 Å². The van der Waals surface area contributed by atoms with Crippen LogP contribution in [0.4, 0.5) is 0 Å². The summed E-state index contributed by atoms with van der Waals surface area (Å²) >= 11 is 0. The molecule has 198 valence electrons. The maximum Gasteiger partial charge on any atom is 0.307 e. The molecule has 0 aromatic heterocycles. The molecule has 0 aromatic rings. The van der Waals surface area contributed by atoms with Gasteiger partial charge in [-0.15, -0.1) is 0 Å². The number of rotatable bonds is 16. The van der Waals surface area contributed by atoms with Crippen molar-refractivity contribution >= 4 is 17.8 Å². The minimum atomic E-state index is -0.573. The number of unbranched alkanes of at least 4 members (excludes halogenated alkanes) is 6. The number of amides is 1. The van der Waals surface area contributed by atoms with Gasteiger partial charge in [0.05, 0.1) is 12.5 Å². The first-order chi connectivity index (χ1) is 16.1. The Morgan fingerprint density at radius 1 is 0.941 bits per heavy atom. The van der Waals surface area contributed by atoms with E-state index in [1.54, 1.807) is 0 Å². The summed E-state index contributed by atoms with van der Waals surface area (Å²) in [5.74, 6) is -0.667. The maximum atomic E-state index is 13.3. The lowest BCUT2D eigenvalue weighted by atomic mass is 9.84. The molecular formula is C28H51NO5. The zero-order chi connectivity index (χ0) is 25.4. The molecule has 1 aliphatic rings. The molecule has 1 aliphatic carbocycles. The van der Waals surface area contributed by atoms with Crippen LogP contribution in [-0.4, -0.2) is 36.1 Å². The molecule has 0 spiro atoms. The molecule has 0 heterocycles. The van der Waals surface area contributed by atoms with E-state index in [1.165, 1.54) is 51.9 Å². The van der Waals surface area contributed by atoms with Crippen LogP contribution >= 0.6 is 0 Å². The van der Waals surface area contributed by atoms with Gasteiger partial charge in [0.15, 0.2) is 0 Å². The second-order valence-electron chi connectivity index (χ2n) is 11.1. The van der Waals surface area contributed by atoms with E-state index in [1.807, 2.05) is 20.8 Å². The van der Waals surface area contributed by atoms with Crippen molar-refractivity contribution in [1.29, 1.82) is 0 Å². The Balaban J connectivity index is 2.72. The van der Waals surface area contributed by atoms with Gasteiger partial charge in [-0.25, -0.2) is 0 Å². The third-order valence-corrected chi connectivity index (χ3v) is 6.54. The van der Waals surface area contributed by atoms with Crippen molar-refractivity contribution in [3.8, 4) is 0 Å². The Morgan fingerprint density at radius 3 is 2.15 bits per heavy atom. The van der Waals surface area contributed by atoms with Gasteiger partial charge >= 0.3 is 11.9 Å². The Bertz CT molecular complexity index is 592. The SMILES string of the molecule is CCCCCCCCC[C@H](CC(=O)OC(C)(C)C)C(=O)N[C@H](COC(C)=O)CC1CCCCC1. The second kappa shape index (κ2) is 16.9. The van der Waals surface area contributed by atoms with Crippen molar-refractivity contribution in [2.45, 2.75) is 143 Å². The van der Waals surface area contributed by atoms with Gasteiger partial charge in [0.1, 0.15) is 12.2 Å². The van der Waals surface area contributed by atoms with Crippen molar-refractivity contribution < 1.29 is 23.9 Å². The first kappa shape index (κ1) is 30.4. The third-order valence-electron chi connectivity index (χ3n) is 6.54. The predicted octanol–water partition coefficient (Wildman–Crippen LogP) is 6.49. The predicted molar refractivity (Wildman–Crippen MR) is 136 cm³/mol. The van der Waals surface area contributed by atoms with Crippen LogP contribution in [0, 0.1) is 11.8 Å². The van der Waals surface area contributed by atoms with Crippen molar-refractivity contribution in [3.05, 3.63) is 0 Å². The molecule has 1 N–H and O–H groups in total. The molecule has 0 bridgehead atoms. The number of carbonyl (C=O) groups excluding carboxylic acids is 3. The summed E-state index contributed by atoms with van der Waals surface area (Å²) < 4.78 is 10.8. The second-order valence-corrected chi connectivity index (χ2v) is 11.1. The quantitative estimate of drug-likeness (QED) is 0.201. The lowest BCUT2D eigenvalue weighted by Gasteiger charge is -2.28. The number of hydrogen-bond acceptors (Lipinski definition) is 5. The summed E-state index contributed by atoms with van der Waals surface area (Å²) in [5.41, 5.74) is -0.573. The number of carbonyl (C=O) groups is 3. The van der Waals surface area contributed by atoms with Gasteiger partial charge in [-0.2, -0.15) is 0 Å². The van der Waals surface area contributed by atoms with Crippen molar-refractivity contribution in [2.75, 3.05) is 6.61 Å². The molecule has 2 atom stereocenters. The van der Waals surface area contributed by atoms with Gasteiger partial charge in [0.2, 0.25) is 5.91 Å². The summed E-state index contributed by atoms with van der Waals surface area (Å²) in [7, 11) is 0. The van der Waals surface area contributed by atoms with Gasteiger partial charge in [-0.1, -0.05) is 84.0 Å². The number of ether oxygens (including phenoxy) is 2. The monoisotopic (exact) mass is 481 g/mol. The third kappa shape index (κ3) is 15.3. The van der Waals surface area contributed by atoms with Crippen LogP contribution in [0.5, 0.6) is 0 Å². The van der Waals surface area contributed by atoms with E-state index in [9.17, 15) is 14.4 Å². The van der Waals surface area contributed by atoms with Gasteiger partial charge < -0.3 is 14.8 Å². The zero-order valence-corrected chi connectivity index (χ0v) is 22.6. The molecule has 1 amide bonds. The van der Waals surface area contributed by atoms with Crippen molar-refractivity contribution in [1.82, 2.24) is 5.32 Å². The van der Waals surface area contributed by atoms with Gasteiger partial charge in [-0.3, -0.25) is 14.4 Å². The standard InChI is InChI=1S/C28H51NO5/c1-6-7-8-9-10-11-15-18-24(20-26(31)34-28(3,4)5)27(32)29-25(21-33-22(2)30)19-23-16-13-12-14-17-23/h23-25H,6-21H2,1-5H3,(H,29,32)/t24-,25+/m1/s1. The van der Waals surface area contributed by atoms with Crippen LogP contribution in [0.3, 0.4) is 0 Å². The van der Waals surface area contributed by atoms with E-state index in [4.69, 9.17) is 9.47 Å². The van der Waals surface area contributed by atoms with Crippen LogP contribution in [0.25, 0.3) is 0 Å².